The summed E-state index contributed by atoms with van der Waals surface area (Å²) < 4.78 is 27.9. The van der Waals surface area contributed by atoms with Gasteiger partial charge in [0.1, 0.15) is 5.69 Å². The summed E-state index contributed by atoms with van der Waals surface area (Å²) in [5.74, 6) is -0.481. The van der Waals surface area contributed by atoms with E-state index >= 15 is 0 Å². The number of anilines is 1. The number of carbonyl (C=O) groups excluding carboxylic acids is 1. The molecule has 0 unspecified atom stereocenters. The maximum atomic E-state index is 12.3. The molecule has 0 fully saturated rings. The average molecular weight is 378 g/mol. The first-order valence-electron chi connectivity index (χ1n) is 8.25. The molecule has 2 aromatic rings. The van der Waals surface area contributed by atoms with Gasteiger partial charge in [-0.1, -0.05) is 6.92 Å². The summed E-state index contributed by atoms with van der Waals surface area (Å²) in [6.45, 7) is 5.80. The van der Waals surface area contributed by atoms with Crippen LogP contribution in [0.2, 0.25) is 0 Å². The third-order valence-corrected chi connectivity index (χ3v) is 5.02. The van der Waals surface area contributed by atoms with Gasteiger partial charge < -0.3 is 5.32 Å². The third-order valence-electron chi connectivity index (χ3n) is 3.35. The second-order valence-corrected chi connectivity index (χ2v) is 7.75. The number of carbonyl (C=O) groups is 1. The number of nitrogens with one attached hydrogen (secondary N) is 2. The number of hydrogen-bond acceptors (Lipinski definition) is 5. The maximum absolute atomic E-state index is 12.3. The van der Waals surface area contributed by atoms with Crippen LogP contribution in [0, 0.1) is 0 Å². The van der Waals surface area contributed by atoms with Crippen LogP contribution in [0.25, 0.3) is 0 Å². The van der Waals surface area contributed by atoms with Gasteiger partial charge in [-0.2, -0.15) is 5.10 Å². The van der Waals surface area contributed by atoms with Gasteiger partial charge in [0, 0.05) is 24.3 Å². The predicted octanol–water partition coefficient (Wildman–Crippen LogP) is 1.59. The van der Waals surface area contributed by atoms with Crippen LogP contribution in [-0.4, -0.2) is 30.1 Å². The predicted molar refractivity (Wildman–Crippen MR) is 98.6 cm³/mol. The largest absolute Gasteiger partial charge is 0.321 e. The molecule has 1 amide bonds. The highest BCUT2D eigenvalue weighted by molar-refractivity contribution is 7.89. The topological polar surface area (TPSA) is 110 Å². The number of sulfonamides is 1. The molecule has 26 heavy (non-hydrogen) atoms. The molecule has 0 aliphatic carbocycles. The fourth-order valence-corrected chi connectivity index (χ4v) is 3.48. The van der Waals surface area contributed by atoms with E-state index in [4.69, 9.17) is 0 Å². The van der Waals surface area contributed by atoms with Crippen molar-refractivity contribution >= 4 is 21.6 Å². The van der Waals surface area contributed by atoms with Crippen molar-refractivity contribution in [2.24, 2.45) is 0 Å². The molecule has 0 aliphatic rings. The number of aromatic nitrogens is 2. The molecule has 0 spiro atoms. The minimum absolute atomic E-state index is 0.108. The number of aryl methyl sites for hydroxylation is 1. The van der Waals surface area contributed by atoms with E-state index in [1.807, 2.05) is 6.92 Å². The lowest BCUT2D eigenvalue weighted by Gasteiger charge is -2.10. The van der Waals surface area contributed by atoms with Crippen LogP contribution in [0.1, 0.15) is 37.7 Å². The Morgan fingerprint density at radius 3 is 2.38 bits per heavy atom. The van der Waals surface area contributed by atoms with Crippen LogP contribution in [0.15, 0.2) is 46.1 Å². The number of amides is 1. The first-order chi connectivity index (χ1) is 12.2. The molecule has 9 heteroatoms. The Hall–Kier alpha value is -2.52. The molecular weight excluding hydrogens is 356 g/mol. The Morgan fingerprint density at radius 2 is 1.81 bits per heavy atom. The van der Waals surface area contributed by atoms with Crippen LogP contribution in [0.5, 0.6) is 0 Å². The van der Waals surface area contributed by atoms with Crippen LogP contribution in [0.4, 0.5) is 5.69 Å². The second kappa shape index (κ2) is 8.24. The zero-order chi connectivity index (χ0) is 19.3. The molecule has 1 aromatic heterocycles. The van der Waals surface area contributed by atoms with Crippen molar-refractivity contribution in [1.29, 1.82) is 0 Å². The highest BCUT2D eigenvalue weighted by atomic mass is 32.2. The molecular formula is C17H22N4O4S. The van der Waals surface area contributed by atoms with Crippen molar-refractivity contribution in [2.45, 2.75) is 44.7 Å². The standard InChI is InChI=1S/C17H22N4O4S/c1-4-11-21-16(22)10-9-15(19-21)17(23)18-13-5-7-14(8-6-13)26(24,25)20-12(2)3/h5-10,12,20H,4,11H2,1-3H3,(H,18,23). The van der Waals surface area contributed by atoms with Gasteiger partial charge in [-0.15, -0.1) is 0 Å². The minimum atomic E-state index is -3.59. The lowest BCUT2D eigenvalue weighted by molar-refractivity contribution is 0.101. The fourth-order valence-electron chi connectivity index (χ4n) is 2.23. The number of nitrogens with zero attached hydrogens (tertiary/aromatic N) is 2. The molecule has 2 N–H and O–H groups in total. The minimum Gasteiger partial charge on any atom is -0.321 e. The van der Waals surface area contributed by atoms with E-state index in [0.29, 0.717) is 12.2 Å². The molecule has 0 saturated carbocycles. The van der Waals surface area contributed by atoms with Gasteiger partial charge in [-0.05, 0) is 50.6 Å². The second-order valence-electron chi connectivity index (χ2n) is 6.03. The first kappa shape index (κ1) is 19.8. The van der Waals surface area contributed by atoms with Gasteiger partial charge in [0.25, 0.3) is 11.5 Å². The van der Waals surface area contributed by atoms with E-state index in [0.717, 1.165) is 6.42 Å². The molecule has 0 saturated heterocycles. The average Bonchev–Trinajstić information content (AvgIpc) is 2.56. The highest BCUT2D eigenvalue weighted by Gasteiger charge is 2.15. The zero-order valence-corrected chi connectivity index (χ0v) is 15.7. The zero-order valence-electron chi connectivity index (χ0n) is 14.9. The quantitative estimate of drug-likeness (QED) is 0.760. The van der Waals surface area contributed by atoms with E-state index in [1.165, 1.54) is 41.1 Å². The summed E-state index contributed by atoms with van der Waals surface area (Å²) in [7, 11) is -3.59. The van der Waals surface area contributed by atoms with E-state index < -0.39 is 15.9 Å². The summed E-state index contributed by atoms with van der Waals surface area (Å²) >= 11 is 0. The molecule has 0 aliphatic heterocycles. The van der Waals surface area contributed by atoms with Gasteiger partial charge in [0.15, 0.2) is 0 Å². The van der Waals surface area contributed by atoms with Gasteiger partial charge in [-0.3, -0.25) is 9.59 Å². The van der Waals surface area contributed by atoms with Crippen molar-refractivity contribution < 1.29 is 13.2 Å². The Bertz CT molecular complexity index is 934. The third kappa shape index (κ3) is 4.99. The van der Waals surface area contributed by atoms with Crippen LogP contribution in [0.3, 0.4) is 0 Å². The first-order valence-corrected chi connectivity index (χ1v) is 9.73. The Kier molecular flexibility index (Phi) is 6.27. The molecule has 1 heterocycles. The number of benzene rings is 1. The summed E-state index contributed by atoms with van der Waals surface area (Å²) in [5.41, 5.74) is 0.264. The lowest BCUT2D eigenvalue weighted by Crippen LogP contribution is -2.30. The van der Waals surface area contributed by atoms with Crippen molar-refractivity contribution in [3.8, 4) is 0 Å². The summed E-state index contributed by atoms with van der Waals surface area (Å²) in [6, 6.07) is 8.24. The summed E-state index contributed by atoms with van der Waals surface area (Å²) in [5, 5.41) is 6.67. The SMILES string of the molecule is CCCn1nc(C(=O)Nc2ccc(S(=O)(=O)NC(C)C)cc2)ccc1=O. The van der Waals surface area contributed by atoms with Crippen molar-refractivity contribution in [3.05, 3.63) is 52.4 Å². The Balaban J connectivity index is 2.15. The van der Waals surface area contributed by atoms with Crippen molar-refractivity contribution in [1.82, 2.24) is 14.5 Å². The highest BCUT2D eigenvalue weighted by Crippen LogP contribution is 2.15. The lowest BCUT2D eigenvalue weighted by atomic mass is 10.3. The van der Waals surface area contributed by atoms with Crippen LogP contribution < -0.4 is 15.6 Å². The van der Waals surface area contributed by atoms with Gasteiger partial charge in [0.05, 0.1) is 4.90 Å². The van der Waals surface area contributed by atoms with E-state index in [-0.39, 0.29) is 22.2 Å². The van der Waals surface area contributed by atoms with Crippen molar-refractivity contribution in [2.75, 3.05) is 5.32 Å². The van der Waals surface area contributed by atoms with Crippen LogP contribution >= 0.6 is 0 Å². The van der Waals surface area contributed by atoms with E-state index in [1.54, 1.807) is 13.8 Å². The van der Waals surface area contributed by atoms with Gasteiger partial charge in [0.2, 0.25) is 10.0 Å². The molecule has 2 rings (SSSR count). The molecule has 1 aromatic carbocycles. The Labute approximate surface area is 152 Å². The number of hydrogen-bond donors (Lipinski definition) is 2. The molecule has 0 bridgehead atoms. The molecule has 0 atom stereocenters. The number of rotatable bonds is 7. The molecule has 140 valence electrons. The monoisotopic (exact) mass is 378 g/mol. The molecule has 0 radical (unpaired) electrons. The van der Waals surface area contributed by atoms with Crippen LogP contribution in [-0.2, 0) is 16.6 Å². The van der Waals surface area contributed by atoms with Gasteiger partial charge in [-0.25, -0.2) is 17.8 Å². The normalized spacial score (nSPS) is 11.5. The Morgan fingerprint density at radius 1 is 1.15 bits per heavy atom. The van der Waals surface area contributed by atoms with Gasteiger partial charge >= 0.3 is 0 Å². The smallest absolute Gasteiger partial charge is 0.276 e. The summed E-state index contributed by atoms with van der Waals surface area (Å²) in [4.78, 5) is 24.1. The summed E-state index contributed by atoms with van der Waals surface area (Å²) in [6.07, 6.45) is 0.721. The van der Waals surface area contributed by atoms with E-state index in [9.17, 15) is 18.0 Å². The molecule has 8 nitrogen and oxygen atoms in total. The maximum Gasteiger partial charge on any atom is 0.276 e. The van der Waals surface area contributed by atoms with Crippen molar-refractivity contribution in [3.63, 3.8) is 0 Å². The van der Waals surface area contributed by atoms with E-state index in [2.05, 4.69) is 15.1 Å². The fraction of sp³-hybridized carbons (Fsp3) is 0.353.